The predicted molar refractivity (Wildman–Crippen MR) is 79.2 cm³/mol. The van der Waals surface area contributed by atoms with E-state index in [9.17, 15) is 9.59 Å². The summed E-state index contributed by atoms with van der Waals surface area (Å²) in [5, 5.41) is 8.46. The van der Waals surface area contributed by atoms with Crippen LogP contribution < -0.4 is 0 Å². The molecule has 6 nitrogen and oxygen atoms in total. The molecule has 22 heavy (non-hydrogen) atoms. The maximum Gasteiger partial charge on any atom is 0.346 e. The highest BCUT2D eigenvalue weighted by atomic mass is 17.7. The third kappa shape index (κ3) is 11.7. The van der Waals surface area contributed by atoms with Crippen molar-refractivity contribution in [1.29, 1.82) is 0 Å². The zero-order valence-corrected chi connectivity index (χ0v) is 13.3. The van der Waals surface area contributed by atoms with Gasteiger partial charge in [0.05, 0.1) is 13.0 Å². The van der Waals surface area contributed by atoms with Gasteiger partial charge in [0.1, 0.15) is 5.78 Å². The molecule has 1 saturated heterocycles. The van der Waals surface area contributed by atoms with Crippen molar-refractivity contribution in [2.45, 2.75) is 83.5 Å². The molecule has 0 aromatic rings. The maximum atomic E-state index is 11.6. The largest absolute Gasteiger partial charge is 0.346 e. The first-order valence-corrected chi connectivity index (χ1v) is 8.46. The van der Waals surface area contributed by atoms with Crippen LogP contribution in [0.3, 0.4) is 0 Å². The van der Waals surface area contributed by atoms with Gasteiger partial charge in [-0.3, -0.25) is 9.68 Å². The zero-order valence-electron chi connectivity index (χ0n) is 13.3. The molecule has 1 aliphatic rings. The lowest BCUT2D eigenvalue weighted by atomic mass is 10.0. The van der Waals surface area contributed by atoms with E-state index < -0.39 is 5.97 Å². The topological polar surface area (TPSA) is 71.1 Å². The quantitative estimate of drug-likeness (QED) is 0.630. The molecule has 128 valence electrons. The first kappa shape index (κ1) is 19.1. The van der Waals surface area contributed by atoms with Crippen LogP contribution in [0.15, 0.2) is 0 Å². The normalized spacial score (nSPS) is 22.7. The van der Waals surface area contributed by atoms with Crippen LogP contribution in [0.2, 0.25) is 0 Å². The van der Waals surface area contributed by atoms with Crippen LogP contribution in [0, 0.1) is 0 Å². The van der Waals surface area contributed by atoms with E-state index in [2.05, 4.69) is 15.0 Å². The van der Waals surface area contributed by atoms with Crippen LogP contribution in [0.4, 0.5) is 0 Å². The Kier molecular flexibility index (Phi) is 11.8. The molecule has 0 aromatic carbocycles. The summed E-state index contributed by atoms with van der Waals surface area (Å²) >= 11 is 0. The van der Waals surface area contributed by atoms with E-state index in [1.165, 1.54) is 38.5 Å². The SMILES string of the molecule is O=C1CCCCCCCCCCCCOOOOC(=O)CC1. The summed E-state index contributed by atoms with van der Waals surface area (Å²) in [6.45, 7) is 0.399. The van der Waals surface area contributed by atoms with Gasteiger partial charge in [-0.05, 0) is 17.9 Å². The number of Topliss-reactive ketones (excluding diaryl/α,β-unsaturated/α-hetero) is 1. The Morgan fingerprint density at radius 3 is 1.86 bits per heavy atom. The van der Waals surface area contributed by atoms with E-state index in [-0.39, 0.29) is 18.6 Å². The second-order valence-electron chi connectivity index (χ2n) is 5.74. The Balaban J connectivity index is 2.19. The fourth-order valence-electron chi connectivity index (χ4n) is 2.41. The number of rotatable bonds is 0. The summed E-state index contributed by atoms with van der Waals surface area (Å²) in [6, 6.07) is 0. The fourth-order valence-corrected chi connectivity index (χ4v) is 2.41. The molecule has 1 heterocycles. The molecule has 0 N–H and O–H groups in total. The molecule has 1 rings (SSSR count). The number of hydrogen-bond donors (Lipinski definition) is 0. The Morgan fingerprint density at radius 2 is 1.18 bits per heavy atom. The van der Waals surface area contributed by atoms with Gasteiger partial charge < -0.3 is 0 Å². The molecule has 0 aliphatic carbocycles. The van der Waals surface area contributed by atoms with Gasteiger partial charge in [-0.15, -0.1) is 0 Å². The molecule has 6 heteroatoms. The van der Waals surface area contributed by atoms with Crippen LogP contribution in [-0.2, 0) is 29.4 Å². The molecule has 0 atom stereocenters. The minimum Gasteiger partial charge on any atom is -0.300 e. The van der Waals surface area contributed by atoms with Crippen molar-refractivity contribution in [3.05, 3.63) is 0 Å². The predicted octanol–water partition coefficient (Wildman–Crippen LogP) is 3.98. The molecule has 0 unspecified atom stereocenters. The summed E-state index contributed by atoms with van der Waals surface area (Å²) in [7, 11) is 0. The molecule has 1 aliphatic heterocycles. The van der Waals surface area contributed by atoms with E-state index in [0.29, 0.717) is 13.0 Å². The third-order valence-corrected chi connectivity index (χ3v) is 3.74. The van der Waals surface area contributed by atoms with Gasteiger partial charge in [-0.25, -0.2) is 9.68 Å². The van der Waals surface area contributed by atoms with E-state index >= 15 is 0 Å². The Labute approximate surface area is 132 Å². The van der Waals surface area contributed by atoms with E-state index in [0.717, 1.165) is 25.7 Å². The number of carbonyl (C=O) groups is 2. The third-order valence-electron chi connectivity index (χ3n) is 3.74. The van der Waals surface area contributed by atoms with Crippen molar-refractivity contribution in [3.8, 4) is 0 Å². The first-order valence-electron chi connectivity index (χ1n) is 8.46. The van der Waals surface area contributed by atoms with Gasteiger partial charge >= 0.3 is 5.97 Å². The highest BCUT2D eigenvalue weighted by Gasteiger charge is 2.09. The van der Waals surface area contributed by atoms with Gasteiger partial charge in [0, 0.05) is 17.9 Å². The van der Waals surface area contributed by atoms with Crippen molar-refractivity contribution in [2.24, 2.45) is 0 Å². The van der Waals surface area contributed by atoms with Crippen molar-refractivity contribution in [1.82, 2.24) is 0 Å². The Hall–Kier alpha value is -0.980. The van der Waals surface area contributed by atoms with Crippen LogP contribution >= 0.6 is 0 Å². The average Bonchev–Trinajstić information content (AvgIpc) is 2.51. The summed E-state index contributed by atoms with van der Waals surface area (Å²) in [4.78, 5) is 31.9. The van der Waals surface area contributed by atoms with E-state index in [1.54, 1.807) is 0 Å². The lowest BCUT2D eigenvalue weighted by Gasteiger charge is -2.05. The van der Waals surface area contributed by atoms with Gasteiger partial charge in [-0.2, -0.15) is 0 Å². The highest BCUT2D eigenvalue weighted by Crippen LogP contribution is 2.12. The van der Waals surface area contributed by atoms with Gasteiger partial charge in [0.15, 0.2) is 0 Å². The van der Waals surface area contributed by atoms with Crippen molar-refractivity contribution < 1.29 is 29.4 Å². The number of ketones is 1. The Morgan fingerprint density at radius 1 is 0.591 bits per heavy atom. The molecule has 1 fully saturated rings. The van der Waals surface area contributed by atoms with Crippen LogP contribution in [0.25, 0.3) is 0 Å². The monoisotopic (exact) mass is 316 g/mol. The summed E-state index contributed by atoms with van der Waals surface area (Å²) in [5.41, 5.74) is 0. The van der Waals surface area contributed by atoms with Crippen LogP contribution in [-0.4, -0.2) is 18.4 Å². The fraction of sp³-hybridized carbons (Fsp3) is 0.875. The summed E-state index contributed by atoms with van der Waals surface area (Å²) < 4.78 is 0. The van der Waals surface area contributed by atoms with E-state index in [1.807, 2.05) is 0 Å². The molecule has 0 spiro atoms. The summed E-state index contributed by atoms with van der Waals surface area (Å²) in [5.74, 6) is -0.546. The average molecular weight is 316 g/mol. The number of hydrogen-bond acceptors (Lipinski definition) is 6. The van der Waals surface area contributed by atoms with E-state index in [4.69, 9.17) is 4.89 Å². The molecule has 0 aromatic heterocycles. The highest BCUT2D eigenvalue weighted by molar-refractivity contribution is 5.82. The second-order valence-corrected chi connectivity index (χ2v) is 5.74. The minimum atomic E-state index is -0.633. The standard InChI is InChI=1S/C16H28O6/c17-15-11-9-7-5-3-1-2-4-6-8-10-14-19-21-22-20-16(18)13-12-15/h1-14H2. The lowest BCUT2D eigenvalue weighted by molar-refractivity contribution is -0.617. The van der Waals surface area contributed by atoms with Crippen molar-refractivity contribution >= 4 is 11.8 Å². The lowest BCUT2D eigenvalue weighted by Crippen LogP contribution is -2.09. The van der Waals surface area contributed by atoms with Crippen LogP contribution in [0.5, 0.6) is 0 Å². The molecular weight excluding hydrogens is 288 g/mol. The molecule has 0 bridgehead atoms. The van der Waals surface area contributed by atoms with Crippen molar-refractivity contribution in [2.75, 3.05) is 6.61 Å². The molecule has 0 radical (unpaired) electrons. The smallest absolute Gasteiger partial charge is 0.300 e. The second kappa shape index (κ2) is 13.7. The molecule has 0 saturated carbocycles. The number of carbonyl (C=O) groups excluding carboxylic acids is 2. The maximum absolute atomic E-state index is 11.6. The van der Waals surface area contributed by atoms with Gasteiger partial charge in [-0.1, -0.05) is 51.4 Å². The first-order chi connectivity index (χ1) is 10.8. The summed E-state index contributed by atoms with van der Waals surface area (Å²) in [6.07, 6.45) is 12.1. The molecule has 0 amide bonds. The molecular formula is C16H28O6. The van der Waals surface area contributed by atoms with Gasteiger partial charge in [0.2, 0.25) is 0 Å². The van der Waals surface area contributed by atoms with Crippen molar-refractivity contribution in [3.63, 3.8) is 0 Å². The minimum absolute atomic E-state index is 0.00218. The zero-order chi connectivity index (χ0) is 15.9. The Bertz CT molecular complexity index is 275. The van der Waals surface area contributed by atoms with Gasteiger partial charge in [0.25, 0.3) is 0 Å². The van der Waals surface area contributed by atoms with Crippen LogP contribution in [0.1, 0.15) is 83.5 Å².